The summed E-state index contributed by atoms with van der Waals surface area (Å²) in [7, 11) is 0. The summed E-state index contributed by atoms with van der Waals surface area (Å²) in [6.07, 6.45) is 3.15. The van der Waals surface area contributed by atoms with Crippen molar-refractivity contribution in [3.63, 3.8) is 0 Å². The number of carbonyl (C=O) groups excluding carboxylic acids is 2. The van der Waals surface area contributed by atoms with Crippen molar-refractivity contribution in [2.75, 3.05) is 25.2 Å². The number of esters is 2. The van der Waals surface area contributed by atoms with Crippen molar-refractivity contribution in [3.05, 3.63) is 70.8 Å². The van der Waals surface area contributed by atoms with Crippen LogP contribution in [-0.4, -0.2) is 49.2 Å². The molecule has 5 nitrogen and oxygen atoms in total. The predicted octanol–water partition coefficient (Wildman–Crippen LogP) is 7.01. The van der Waals surface area contributed by atoms with Gasteiger partial charge in [0.15, 0.2) is 0 Å². The quantitative estimate of drug-likeness (QED) is 0.295. The van der Waals surface area contributed by atoms with E-state index in [1.165, 1.54) is 22.3 Å². The second kappa shape index (κ2) is 14.0. The topological polar surface area (TPSA) is 64.6 Å². The van der Waals surface area contributed by atoms with Crippen molar-refractivity contribution in [1.29, 1.82) is 0 Å². The lowest BCUT2D eigenvalue weighted by molar-refractivity contribution is -0.157. The summed E-state index contributed by atoms with van der Waals surface area (Å²) in [5.41, 5.74) is 5.29. The van der Waals surface area contributed by atoms with Crippen LogP contribution in [0.4, 0.5) is 0 Å². The number of benzene rings is 2. The molecule has 1 N–H and O–H groups in total. The molecule has 2 aromatic carbocycles. The molecular formula is C34H49NO4S. The van der Waals surface area contributed by atoms with E-state index in [9.17, 15) is 9.59 Å². The van der Waals surface area contributed by atoms with Gasteiger partial charge in [-0.2, -0.15) is 11.8 Å². The highest BCUT2D eigenvalue weighted by Gasteiger charge is 2.35. The molecular weight excluding hydrogens is 518 g/mol. The monoisotopic (exact) mass is 567 g/mol. The maximum atomic E-state index is 12.9. The fourth-order valence-corrected chi connectivity index (χ4v) is 5.89. The number of rotatable bonds is 11. The van der Waals surface area contributed by atoms with E-state index in [1.807, 2.05) is 6.26 Å². The molecule has 0 unspecified atom stereocenters. The molecule has 6 heteroatoms. The van der Waals surface area contributed by atoms with E-state index in [0.29, 0.717) is 26.0 Å². The third-order valence-electron chi connectivity index (χ3n) is 7.80. The number of carbonyl (C=O) groups is 2. The van der Waals surface area contributed by atoms with Crippen molar-refractivity contribution >= 4 is 23.7 Å². The normalized spacial score (nSPS) is 18.5. The first-order valence-corrected chi connectivity index (χ1v) is 16.0. The van der Waals surface area contributed by atoms with Gasteiger partial charge in [0.25, 0.3) is 0 Å². The summed E-state index contributed by atoms with van der Waals surface area (Å²) < 4.78 is 11.1. The highest BCUT2D eigenvalue weighted by atomic mass is 32.2. The maximum Gasteiger partial charge on any atom is 0.309 e. The SMILES string of the molecule is CCOC(=O)[C@H](CCSC)CC(=O)O[C@H]1CN[C@@H](C(c2ccc(C(C)(C)C)cc2)c2ccc(C(C)(C)C)cc2)C1. The Morgan fingerprint density at radius 3 is 1.90 bits per heavy atom. The van der Waals surface area contributed by atoms with Crippen LogP contribution in [0.25, 0.3) is 0 Å². The number of ether oxygens (including phenoxy) is 2. The third kappa shape index (κ3) is 8.84. The van der Waals surface area contributed by atoms with Crippen LogP contribution >= 0.6 is 11.8 Å². The van der Waals surface area contributed by atoms with Crippen molar-refractivity contribution < 1.29 is 19.1 Å². The Morgan fingerprint density at radius 1 is 0.925 bits per heavy atom. The standard InChI is InChI=1S/C34H49NO4S/c1-9-38-32(37)25(18-19-40-8)20-30(36)39-28-21-29(35-22-28)31(23-10-14-26(15-11-23)33(2,3)4)24-12-16-27(17-13-24)34(5,6)7/h10-17,25,28-29,31,35H,9,18-22H2,1-8H3/t25-,28-,29-/m1/s1. The highest BCUT2D eigenvalue weighted by Crippen LogP contribution is 2.35. The van der Waals surface area contributed by atoms with Gasteiger partial charge in [0, 0.05) is 24.9 Å². The molecule has 220 valence electrons. The average molecular weight is 568 g/mol. The van der Waals surface area contributed by atoms with Gasteiger partial charge in [-0.05, 0) is 58.4 Å². The fraction of sp³-hybridized carbons (Fsp3) is 0.588. The largest absolute Gasteiger partial charge is 0.466 e. The Kier molecular flexibility index (Phi) is 11.3. The van der Waals surface area contributed by atoms with Crippen LogP contribution in [0.3, 0.4) is 0 Å². The molecule has 1 aliphatic rings. The Morgan fingerprint density at radius 2 is 1.45 bits per heavy atom. The summed E-state index contributed by atoms with van der Waals surface area (Å²) in [5.74, 6) is -0.172. The average Bonchev–Trinajstić information content (AvgIpc) is 3.34. The van der Waals surface area contributed by atoms with E-state index in [4.69, 9.17) is 9.47 Å². The van der Waals surface area contributed by atoms with E-state index in [0.717, 1.165) is 5.75 Å². The Hall–Kier alpha value is -2.31. The van der Waals surface area contributed by atoms with Gasteiger partial charge in [-0.1, -0.05) is 90.1 Å². The Balaban J connectivity index is 1.78. The van der Waals surface area contributed by atoms with Gasteiger partial charge in [0.05, 0.1) is 18.9 Å². The number of hydrogen-bond acceptors (Lipinski definition) is 6. The summed E-state index contributed by atoms with van der Waals surface area (Å²) >= 11 is 1.66. The fourth-order valence-electron chi connectivity index (χ4n) is 5.37. The maximum absolute atomic E-state index is 12.9. The highest BCUT2D eigenvalue weighted by molar-refractivity contribution is 7.98. The summed E-state index contributed by atoms with van der Waals surface area (Å²) in [4.78, 5) is 25.3. The lowest BCUT2D eigenvalue weighted by Gasteiger charge is -2.27. The van der Waals surface area contributed by atoms with Gasteiger partial charge in [-0.25, -0.2) is 0 Å². The Bertz CT molecular complexity index is 1040. The van der Waals surface area contributed by atoms with Crippen LogP contribution in [0.5, 0.6) is 0 Å². The molecule has 3 atom stereocenters. The molecule has 1 heterocycles. The lowest BCUT2D eigenvalue weighted by atomic mass is 9.80. The first kappa shape index (κ1) is 32.2. The molecule has 1 fully saturated rings. The van der Waals surface area contributed by atoms with Crippen molar-refractivity contribution in [2.24, 2.45) is 5.92 Å². The molecule has 3 rings (SSSR count). The lowest BCUT2D eigenvalue weighted by Crippen LogP contribution is -2.30. The summed E-state index contributed by atoms with van der Waals surface area (Å²) in [5, 5.41) is 3.66. The number of thioether (sulfide) groups is 1. The van der Waals surface area contributed by atoms with E-state index in [-0.39, 0.29) is 47.3 Å². The zero-order valence-electron chi connectivity index (χ0n) is 25.7. The van der Waals surface area contributed by atoms with Gasteiger partial charge in [0.1, 0.15) is 6.10 Å². The van der Waals surface area contributed by atoms with Gasteiger partial charge in [-0.3, -0.25) is 9.59 Å². The minimum atomic E-state index is -0.458. The molecule has 0 aliphatic carbocycles. The Labute approximate surface area is 246 Å². The van der Waals surface area contributed by atoms with Crippen LogP contribution < -0.4 is 5.32 Å². The minimum Gasteiger partial charge on any atom is -0.466 e. The molecule has 40 heavy (non-hydrogen) atoms. The molecule has 0 saturated carbocycles. The number of hydrogen-bond donors (Lipinski definition) is 1. The van der Waals surface area contributed by atoms with Gasteiger partial charge in [0.2, 0.25) is 0 Å². The van der Waals surface area contributed by atoms with Crippen LogP contribution in [0, 0.1) is 5.92 Å². The zero-order chi connectivity index (χ0) is 29.5. The van der Waals surface area contributed by atoms with Crippen molar-refractivity contribution in [1.82, 2.24) is 5.32 Å². The second-order valence-electron chi connectivity index (χ2n) is 13.0. The van der Waals surface area contributed by atoms with Crippen LogP contribution in [0.1, 0.15) is 95.9 Å². The van der Waals surface area contributed by atoms with E-state index >= 15 is 0 Å². The second-order valence-corrected chi connectivity index (χ2v) is 14.0. The van der Waals surface area contributed by atoms with Crippen LogP contribution in [0.2, 0.25) is 0 Å². The zero-order valence-corrected chi connectivity index (χ0v) is 26.5. The summed E-state index contributed by atoms with van der Waals surface area (Å²) in [6, 6.07) is 18.1. The smallest absolute Gasteiger partial charge is 0.309 e. The first-order valence-electron chi connectivity index (χ1n) is 14.6. The van der Waals surface area contributed by atoms with E-state index in [2.05, 4.69) is 95.4 Å². The number of nitrogens with one attached hydrogen (secondary N) is 1. The van der Waals surface area contributed by atoms with Crippen molar-refractivity contribution in [2.45, 2.75) is 96.6 Å². The molecule has 0 spiro atoms. The minimum absolute atomic E-state index is 0.0620. The van der Waals surface area contributed by atoms with E-state index in [1.54, 1.807) is 18.7 Å². The van der Waals surface area contributed by atoms with Crippen molar-refractivity contribution in [3.8, 4) is 0 Å². The van der Waals surface area contributed by atoms with Gasteiger partial charge < -0.3 is 14.8 Å². The first-order chi connectivity index (χ1) is 18.8. The molecule has 0 radical (unpaired) electrons. The van der Waals surface area contributed by atoms with Gasteiger partial charge >= 0.3 is 11.9 Å². The molecule has 0 bridgehead atoms. The molecule has 1 aliphatic heterocycles. The third-order valence-corrected chi connectivity index (χ3v) is 8.44. The van der Waals surface area contributed by atoms with Crippen LogP contribution in [0.15, 0.2) is 48.5 Å². The van der Waals surface area contributed by atoms with Gasteiger partial charge in [-0.15, -0.1) is 0 Å². The molecule has 1 saturated heterocycles. The molecule has 2 aromatic rings. The summed E-state index contributed by atoms with van der Waals surface area (Å²) in [6.45, 7) is 16.1. The molecule has 0 amide bonds. The molecule has 0 aromatic heterocycles. The van der Waals surface area contributed by atoms with E-state index < -0.39 is 5.92 Å². The van der Waals surface area contributed by atoms with Crippen LogP contribution in [-0.2, 0) is 29.9 Å². The predicted molar refractivity (Wildman–Crippen MR) is 166 cm³/mol.